The summed E-state index contributed by atoms with van der Waals surface area (Å²) < 4.78 is 0. The third-order valence-corrected chi connectivity index (χ3v) is 3.69. The van der Waals surface area contributed by atoms with Crippen LogP contribution in [0.1, 0.15) is 43.2 Å². The van der Waals surface area contributed by atoms with E-state index >= 15 is 0 Å². The van der Waals surface area contributed by atoms with Gasteiger partial charge in [-0.3, -0.25) is 11.3 Å². The van der Waals surface area contributed by atoms with Crippen LogP contribution in [-0.4, -0.2) is 6.04 Å². The summed E-state index contributed by atoms with van der Waals surface area (Å²) in [6, 6.07) is 9.05. The SMILES string of the molecule is Cc1cccc(CC(CC2=CCCCC2)NN)c1. The van der Waals surface area contributed by atoms with Crippen molar-refractivity contribution in [2.45, 2.75) is 51.5 Å². The molecule has 0 saturated heterocycles. The topological polar surface area (TPSA) is 38.0 Å². The first kappa shape index (κ1) is 13.3. The molecule has 1 unspecified atom stereocenters. The van der Waals surface area contributed by atoms with Gasteiger partial charge in [0.1, 0.15) is 0 Å². The fourth-order valence-electron chi connectivity index (χ4n) is 2.72. The summed E-state index contributed by atoms with van der Waals surface area (Å²) in [7, 11) is 0. The lowest BCUT2D eigenvalue weighted by atomic mass is 9.92. The van der Waals surface area contributed by atoms with Crippen molar-refractivity contribution in [3.8, 4) is 0 Å². The van der Waals surface area contributed by atoms with Crippen LogP contribution in [0.4, 0.5) is 0 Å². The first-order valence-electron chi connectivity index (χ1n) is 6.97. The first-order chi connectivity index (χ1) is 8.78. The molecule has 2 heteroatoms. The minimum absolute atomic E-state index is 0.358. The predicted molar refractivity (Wildman–Crippen MR) is 77.2 cm³/mol. The molecule has 0 bridgehead atoms. The Morgan fingerprint density at radius 2 is 2.17 bits per heavy atom. The minimum atomic E-state index is 0.358. The van der Waals surface area contributed by atoms with Crippen molar-refractivity contribution in [3.63, 3.8) is 0 Å². The van der Waals surface area contributed by atoms with Crippen LogP contribution in [-0.2, 0) is 6.42 Å². The number of nitrogens with two attached hydrogens (primary N) is 1. The number of hydrazine groups is 1. The third kappa shape index (κ3) is 3.97. The Kier molecular flexibility index (Phi) is 4.97. The molecule has 0 amide bonds. The van der Waals surface area contributed by atoms with Gasteiger partial charge < -0.3 is 0 Å². The lowest BCUT2D eigenvalue weighted by Gasteiger charge is -2.20. The summed E-state index contributed by atoms with van der Waals surface area (Å²) in [6.07, 6.45) is 9.70. The number of hydrogen-bond donors (Lipinski definition) is 2. The van der Waals surface area contributed by atoms with E-state index in [2.05, 4.69) is 42.7 Å². The second kappa shape index (κ2) is 6.72. The Bertz CT molecular complexity index is 409. The highest BCUT2D eigenvalue weighted by Crippen LogP contribution is 2.22. The average Bonchev–Trinajstić information content (AvgIpc) is 2.39. The van der Waals surface area contributed by atoms with E-state index in [4.69, 9.17) is 5.84 Å². The molecule has 0 saturated carbocycles. The maximum absolute atomic E-state index is 5.70. The predicted octanol–water partition coefficient (Wildman–Crippen LogP) is 3.26. The van der Waals surface area contributed by atoms with E-state index in [0.29, 0.717) is 6.04 Å². The Morgan fingerprint density at radius 1 is 1.28 bits per heavy atom. The van der Waals surface area contributed by atoms with Crippen molar-refractivity contribution in [2.24, 2.45) is 5.84 Å². The number of allylic oxidation sites excluding steroid dienone is 1. The van der Waals surface area contributed by atoms with Crippen molar-refractivity contribution in [3.05, 3.63) is 47.0 Å². The normalized spacial score (nSPS) is 17.3. The molecular formula is C16H24N2. The third-order valence-electron chi connectivity index (χ3n) is 3.69. The van der Waals surface area contributed by atoms with Crippen molar-refractivity contribution in [1.82, 2.24) is 5.43 Å². The Labute approximate surface area is 110 Å². The summed E-state index contributed by atoms with van der Waals surface area (Å²) in [5.74, 6) is 5.70. The summed E-state index contributed by atoms with van der Waals surface area (Å²) in [5.41, 5.74) is 7.25. The number of aryl methyl sites for hydroxylation is 1. The number of hydrogen-bond acceptors (Lipinski definition) is 2. The summed E-state index contributed by atoms with van der Waals surface area (Å²) in [6.45, 7) is 2.14. The van der Waals surface area contributed by atoms with Gasteiger partial charge in [-0.05, 0) is 51.0 Å². The number of benzene rings is 1. The molecule has 0 radical (unpaired) electrons. The van der Waals surface area contributed by atoms with Crippen LogP contribution in [0.2, 0.25) is 0 Å². The fourth-order valence-corrected chi connectivity index (χ4v) is 2.72. The van der Waals surface area contributed by atoms with Gasteiger partial charge in [0, 0.05) is 6.04 Å². The van der Waals surface area contributed by atoms with E-state index in [-0.39, 0.29) is 0 Å². The Balaban J connectivity index is 1.94. The molecule has 0 aliphatic heterocycles. The van der Waals surface area contributed by atoms with Crippen LogP contribution in [0.25, 0.3) is 0 Å². The van der Waals surface area contributed by atoms with Gasteiger partial charge in [-0.15, -0.1) is 0 Å². The maximum atomic E-state index is 5.70. The van der Waals surface area contributed by atoms with E-state index < -0.39 is 0 Å². The van der Waals surface area contributed by atoms with Gasteiger partial charge in [0.05, 0.1) is 0 Å². The molecule has 98 valence electrons. The molecule has 2 nitrogen and oxygen atoms in total. The number of rotatable bonds is 5. The molecule has 1 aromatic rings. The van der Waals surface area contributed by atoms with Crippen LogP contribution < -0.4 is 11.3 Å². The van der Waals surface area contributed by atoms with Crippen LogP contribution in [0.5, 0.6) is 0 Å². The molecular weight excluding hydrogens is 220 g/mol. The summed E-state index contributed by atoms with van der Waals surface area (Å²) in [4.78, 5) is 0. The van der Waals surface area contributed by atoms with E-state index in [0.717, 1.165) is 12.8 Å². The van der Waals surface area contributed by atoms with Crippen molar-refractivity contribution >= 4 is 0 Å². The van der Waals surface area contributed by atoms with Gasteiger partial charge in [0.15, 0.2) is 0 Å². The van der Waals surface area contributed by atoms with Crippen LogP contribution in [0.15, 0.2) is 35.9 Å². The first-order valence-corrected chi connectivity index (χ1v) is 6.97. The molecule has 1 aliphatic carbocycles. The minimum Gasteiger partial charge on any atom is -0.271 e. The van der Waals surface area contributed by atoms with Gasteiger partial charge >= 0.3 is 0 Å². The van der Waals surface area contributed by atoms with Gasteiger partial charge in [0.25, 0.3) is 0 Å². The van der Waals surface area contributed by atoms with Crippen molar-refractivity contribution in [2.75, 3.05) is 0 Å². The van der Waals surface area contributed by atoms with E-state index in [1.807, 2.05) is 0 Å². The maximum Gasteiger partial charge on any atom is 0.0288 e. The second-order valence-electron chi connectivity index (χ2n) is 5.37. The van der Waals surface area contributed by atoms with Crippen LogP contribution in [0, 0.1) is 6.92 Å². The summed E-state index contributed by atoms with van der Waals surface area (Å²) in [5, 5.41) is 0. The highest BCUT2D eigenvalue weighted by molar-refractivity contribution is 5.23. The highest BCUT2D eigenvalue weighted by Gasteiger charge is 2.12. The van der Waals surface area contributed by atoms with E-state index in [1.54, 1.807) is 5.57 Å². The molecule has 0 aromatic heterocycles. The quantitative estimate of drug-likeness (QED) is 0.474. The fraction of sp³-hybridized carbons (Fsp3) is 0.500. The molecule has 1 atom stereocenters. The van der Waals surface area contributed by atoms with Crippen LogP contribution in [0.3, 0.4) is 0 Å². The van der Waals surface area contributed by atoms with Gasteiger partial charge in [0.2, 0.25) is 0 Å². The van der Waals surface area contributed by atoms with Gasteiger partial charge in [-0.1, -0.05) is 41.5 Å². The molecule has 2 rings (SSSR count). The van der Waals surface area contributed by atoms with Gasteiger partial charge in [-0.25, -0.2) is 0 Å². The zero-order chi connectivity index (χ0) is 12.8. The monoisotopic (exact) mass is 244 g/mol. The lowest BCUT2D eigenvalue weighted by molar-refractivity contribution is 0.504. The zero-order valence-corrected chi connectivity index (χ0v) is 11.3. The zero-order valence-electron chi connectivity index (χ0n) is 11.3. The molecule has 0 spiro atoms. The van der Waals surface area contributed by atoms with Crippen molar-refractivity contribution in [1.29, 1.82) is 0 Å². The largest absolute Gasteiger partial charge is 0.271 e. The Hall–Kier alpha value is -1.12. The molecule has 0 fully saturated rings. The van der Waals surface area contributed by atoms with E-state index in [9.17, 15) is 0 Å². The molecule has 18 heavy (non-hydrogen) atoms. The van der Waals surface area contributed by atoms with Crippen molar-refractivity contribution < 1.29 is 0 Å². The standard InChI is InChI=1S/C16H24N2/c1-13-6-5-9-15(10-13)12-16(18-17)11-14-7-3-2-4-8-14/h5-7,9-10,16,18H,2-4,8,11-12,17H2,1H3. The second-order valence-corrected chi connectivity index (χ2v) is 5.37. The Morgan fingerprint density at radius 3 is 2.83 bits per heavy atom. The molecule has 1 aliphatic rings. The van der Waals surface area contributed by atoms with E-state index in [1.165, 1.54) is 36.8 Å². The molecule has 1 aromatic carbocycles. The lowest BCUT2D eigenvalue weighted by Crippen LogP contribution is -2.37. The van der Waals surface area contributed by atoms with Gasteiger partial charge in [-0.2, -0.15) is 0 Å². The molecule has 0 heterocycles. The summed E-state index contributed by atoms with van der Waals surface area (Å²) >= 11 is 0. The van der Waals surface area contributed by atoms with Crippen LogP contribution >= 0.6 is 0 Å². The average molecular weight is 244 g/mol. The number of nitrogens with one attached hydrogen (secondary N) is 1. The molecule has 3 N–H and O–H groups in total. The smallest absolute Gasteiger partial charge is 0.0288 e. The highest BCUT2D eigenvalue weighted by atomic mass is 15.2.